The van der Waals surface area contributed by atoms with Gasteiger partial charge in [-0.1, -0.05) is 0 Å². The number of ether oxygens (including phenoxy) is 1. The number of hydrogen-bond acceptors (Lipinski definition) is 7. The molecule has 10 nitrogen and oxygen atoms in total. The van der Waals surface area contributed by atoms with Gasteiger partial charge >= 0.3 is 0 Å². The first-order valence-electron chi connectivity index (χ1n) is 11.9. The summed E-state index contributed by atoms with van der Waals surface area (Å²) in [4.78, 5) is 29.9. The maximum atomic E-state index is 13.8. The van der Waals surface area contributed by atoms with Crippen LogP contribution in [0.25, 0.3) is 11.4 Å². The number of tetrazole rings is 1. The van der Waals surface area contributed by atoms with E-state index < -0.39 is 23.4 Å². The fraction of sp³-hybridized carbons (Fsp3) is 0.296. The number of halogens is 1. The summed E-state index contributed by atoms with van der Waals surface area (Å²) in [7, 11) is 1.54. The largest absolute Gasteiger partial charge is 0.497 e. The summed E-state index contributed by atoms with van der Waals surface area (Å²) in [5.41, 5.74) is 0.423. The highest BCUT2D eigenvalue weighted by Crippen LogP contribution is 2.31. The average Bonchev–Trinajstić information content (AvgIpc) is 3.50. The molecule has 0 saturated heterocycles. The fourth-order valence-electron chi connectivity index (χ4n) is 3.81. The number of carbonyl (C=O) groups is 2. The predicted molar refractivity (Wildman–Crippen MR) is 138 cm³/mol. The van der Waals surface area contributed by atoms with Crippen molar-refractivity contribution >= 4 is 17.5 Å². The highest BCUT2D eigenvalue weighted by molar-refractivity contribution is 6.01. The third kappa shape index (κ3) is 6.23. The molecule has 2 aromatic carbocycles. The number of benzene rings is 2. The second-order valence-electron chi connectivity index (χ2n) is 9.70. The van der Waals surface area contributed by atoms with Gasteiger partial charge in [0, 0.05) is 16.8 Å². The summed E-state index contributed by atoms with van der Waals surface area (Å²) in [5, 5.41) is 15.2. The maximum Gasteiger partial charge on any atom is 0.251 e. The zero-order chi connectivity index (χ0) is 27.4. The number of methoxy groups -OCH3 is 1. The number of nitrogens with one attached hydrogen (secondary N) is 1. The lowest BCUT2D eigenvalue weighted by atomic mass is 10.1. The Morgan fingerprint density at radius 3 is 2.34 bits per heavy atom. The van der Waals surface area contributed by atoms with E-state index in [2.05, 4.69) is 20.7 Å². The van der Waals surface area contributed by atoms with E-state index in [1.54, 1.807) is 43.3 Å². The number of anilines is 1. The van der Waals surface area contributed by atoms with Gasteiger partial charge in [-0.15, -0.1) is 10.2 Å². The van der Waals surface area contributed by atoms with Gasteiger partial charge in [0.1, 0.15) is 29.6 Å². The Hall–Kier alpha value is -4.54. The van der Waals surface area contributed by atoms with Gasteiger partial charge in [0.25, 0.3) is 11.8 Å². The van der Waals surface area contributed by atoms with E-state index in [4.69, 9.17) is 9.15 Å². The lowest BCUT2D eigenvalue weighted by molar-refractivity contribution is -0.128. The monoisotopic (exact) mass is 520 g/mol. The molecule has 2 amide bonds. The second kappa shape index (κ2) is 10.8. The number of nitrogens with zero attached hydrogens (tertiary/aromatic N) is 5. The minimum Gasteiger partial charge on any atom is -0.497 e. The van der Waals surface area contributed by atoms with Gasteiger partial charge in [0.2, 0.25) is 5.82 Å². The Morgan fingerprint density at radius 1 is 1.08 bits per heavy atom. The van der Waals surface area contributed by atoms with Crippen LogP contribution in [0.5, 0.6) is 5.75 Å². The molecule has 0 aliphatic heterocycles. The average molecular weight is 521 g/mol. The third-order valence-corrected chi connectivity index (χ3v) is 5.49. The van der Waals surface area contributed by atoms with Gasteiger partial charge in [-0.2, -0.15) is 4.80 Å². The quantitative estimate of drug-likeness (QED) is 0.372. The number of rotatable bonds is 8. The molecule has 0 radical (unpaired) electrons. The molecule has 0 spiro atoms. The first-order valence-corrected chi connectivity index (χ1v) is 11.9. The summed E-state index contributed by atoms with van der Waals surface area (Å²) in [6.45, 7) is 7.00. The molecule has 2 heterocycles. The molecule has 1 N–H and O–H groups in total. The molecule has 38 heavy (non-hydrogen) atoms. The van der Waals surface area contributed by atoms with Crippen molar-refractivity contribution in [1.82, 2.24) is 25.5 Å². The molecular weight excluding hydrogens is 491 g/mol. The minimum atomic E-state index is -1.12. The summed E-state index contributed by atoms with van der Waals surface area (Å²) in [6, 6.07) is 14.7. The summed E-state index contributed by atoms with van der Waals surface area (Å²) >= 11 is 0. The molecule has 0 unspecified atom stereocenters. The summed E-state index contributed by atoms with van der Waals surface area (Å²) < 4.78 is 24.4. The zero-order valence-electron chi connectivity index (χ0n) is 21.8. The first kappa shape index (κ1) is 26.5. The van der Waals surface area contributed by atoms with Crippen LogP contribution < -0.4 is 15.0 Å². The molecule has 0 aliphatic rings. The van der Waals surface area contributed by atoms with Crippen molar-refractivity contribution in [2.45, 2.75) is 45.8 Å². The van der Waals surface area contributed by atoms with E-state index >= 15 is 0 Å². The van der Waals surface area contributed by atoms with E-state index in [-0.39, 0.29) is 18.2 Å². The number of carbonyl (C=O) groups excluding carboxylic acids is 2. The Kier molecular flexibility index (Phi) is 7.56. The molecule has 0 fully saturated rings. The summed E-state index contributed by atoms with van der Waals surface area (Å²) in [6.07, 6.45) is 0. The SMILES string of the molecule is COc1ccc(N(C(=O)Cn2nnc(-c3ccc(F)cc3)n2)[C@H](C(=O)NC(C)(C)C)c2ccc(C)o2)cc1. The predicted octanol–water partition coefficient (Wildman–Crippen LogP) is 4.08. The number of aryl methyl sites for hydroxylation is 1. The molecule has 198 valence electrons. The van der Waals surface area contributed by atoms with Crippen LogP contribution in [-0.4, -0.2) is 44.7 Å². The lowest BCUT2D eigenvalue weighted by Gasteiger charge is -2.32. The molecule has 4 aromatic rings. The first-order chi connectivity index (χ1) is 18.0. The Labute approximate surface area is 219 Å². The molecule has 0 saturated carbocycles. The molecule has 4 rings (SSSR count). The Bertz CT molecular complexity index is 1410. The zero-order valence-corrected chi connectivity index (χ0v) is 21.8. The third-order valence-electron chi connectivity index (χ3n) is 5.49. The van der Waals surface area contributed by atoms with Crippen molar-refractivity contribution in [3.63, 3.8) is 0 Å². The molecule has 0 aliphatic carbocycles. The molecule has 1 atom stereocenters. The molecular formula is C27H29FN6O4. The van der Waals surface area contributed by atoms with Crippen LogP contribution in [0.3, 0.4) is 0 Å². The van der Waals surface area contributed by atoms with Crippen molar-refractivity contribution in [2.75, 3.05) is 12.0 Å². The van der Waals surface area contributed by atoms with Crippen LogP contribution in [0.1, 0.15) is 38.3 Å². The smallest absolute Gasteiger partial charge is 0.251 e. The van der Waals surface area contributed by atoms with E-state index in [1.807, 2.05) is 20.8 Å². The summed E-state index contributed by atoms with van der Waals surface area (Å²) in [5.74, 6) is 0.421. The van der Waals surface area contributed by atoms with Gasteiger partial charge in [0.15, 0.2) is 6.04 Å². The van der Waals surface area contributed by atoms with E-state index in [0.29, 0.717) is 28.5 Å². The van der Waals surface area contributed by atoms with Crippen molar-refractivity contribution in [1.29, 1.82) is 0 Å². The Balaban J connectivity index is 1.72. The van der Waals surface area contributed by atoms with Crippen molar-refractivity contribution in [2.24, 2.45) is 0 Å². The van der Waals surface area contributed by atoms with Gasteiger partial charge in [-0.3, -0.25) is 14.5 Å². The normalized spacial score (nSPS) is 12.2. The van der Waals surface area contributed by atoms with Crippen molar-refractivity contribution < 1.29 is 23.1 Å². The number of amides is 2. The molecule has 0 bridgehead atoms. The van der Waals surface area contributed by atoms with E-state index in [1.165, 1.54) is 36.3 Å². The highest BCUT2D eigenvalue weighted by Gasteiger charge is 2.37. The van der Waals surface area contributed by atoms with Gasteiger partial charge in [0.05, 0.1) is 7.11 Å². The molecule has 2 aromatic heterocycles. The minimum absolute atomic E-state index is 0.234. The van der Waals surface area contributed by atoms with Crippen LogP contribution in [-0.2, 0) is 16.1 Å². The standard InChI is InChI=1S/C27H29FN6O4/c1-17-6-15-22(38-17)24(26(36)29-27(2,3)4)34(20-11-13-21(37-5)14-12-20)23(35)16-33-31-25(30-32-33)18-7-9-19(28)10-8-18/h6-15,24H,16H2,1-5H3,(H,29,36)/t24-/m0/s1. The maximum absolute atomic E-state index is 13.8. The Morgan fingerprint density at radius 2 is 1.76 bits per heavy atom. The number of aromatic nitrogens is 4. The topological polar surface area (TPSA) is 115 Å². The van der Waals surface area contributed by atoms with E-state index in [9.17, 15) is 14.0 Å². The number of hydrogen-bond donors (Lipinski definition) is 1. The van der Waals surface area contributed by atoms with Crippen LogP contribution >= 0.6 is 0 Å². The molecule has 11 heteroatoms. The van der Waals surface area contributed by atoms with E-state index in [0.717, 1.165) is 4.80 Å². The van der Waals surface area contributed by atoms with Gasteiger partial charge in [-0.05, 0) is 93.6 Å². The number of furan rings is 1. The lowest BCUT2D eigenvalue weighted by Crippen LogP contribution is -2.50. The van der Waals surface area contributed by atoms with Gasteiger partial charge < -0.3 is 14.5 Å². The highest BCUT2D eigenvalue weighted by atomic mass is 19.1. The second-order valence-corrected chi connectivity index (χ2v) is 9.70. The van der Waals surface area contributed by atoms with Crippen LogP contribution in [0, 0.1) is 12.7 Å². The fourth-order valence-corrected chi connectivity index (χ4v) is 3.81. The van der Waals surface area contributed by atoms with Crippen LogP contribution in [0.4, 0.5) is 10.1 Å². The van der Waals surface area contributed by atoms with Crippen LogP contribution in [0.15, 0.2) is 65.1 Å². The van der Waals surface area contributed by atoms with Gasteiger partial charge in [-0.25, -0.2) is 4.39 Å². The van der Waals surface area contributed by atoms with Crippen molar-refractivity contribution in [3.05, 3.63) is 78.0 Å². The van der Waals surface area contributed by atoms with Crippen LogP contribution in [0.2, 0.25) is 0 Å². The van der Waals surface area contributed by atoms with Crippen molar-refractivity contribution in [3.8, 4) is 17.1 Å².